The molecule has 142 valence electrons. The molecule has 0 N–H and O–H groups in total. The smallest absolute Gasteiger partial charge is 0.243 e. The molecule has 0 aliphatic carbocycles. The number of rotatable bonds is 5. The van der Waals surface area contributed by atoms with Crippen molar-refractivity contribution in [3.63, 3.8) is 0 Å². The predicted octanol–water partition coefficient (Wildman–Crippen LogP) is 3.26. The molecule has 0 saturated carbocycles. The molecule has 0 bridgehead atoms. The second-order valence-electron chi connectivity index (χ2n) is 7.08. The van der Waals surface area contributed by atoms with Crippen LogP contribution in [0.1, 0.15) is 44.1 Å². The second-order valence-corrected chi connectivity index (χ2v) is 9.86. The molecule has 1 aliphatic heterocycles. The summed E-state index contributed by atoms with van der Waals surface area (Å²) in [5.74, 6) is 2.09. The van der Waals surface area contributed by atoms with Crippen LogP contribution in [0.4, 0.5) is 5.82 Å². The van der Waals surface area contributed by atoms with Gasteiger partial charge in [0.1, 0.15) is 11.6 Å². The topological polar surface area (TPSA) is 66.4 Å². The standard InChI is InChI=1S/C18H26N4O2S2/c1-13(2)18-19-14(3)11-17(20-18)22-8-5-15(6-9-22)21(4)26(23,24)16-7-10-25-12-16/h7,10-13,15H,5-6,8-9H2,1-4H3. The molecule has 0 unspecified atom stereocenters. The van der Waals surface area contributed by atoms with Crippen LogP contribution >= 0.6 is 11.3 Å². The summed E-state index contributed by atoms with van der Waals surface area (Å²) in [5.41, 5.74) is 0.970. The van der Waals surface area contributed by atoms with E-state index in [0.717, 1.165) is 43.3 Å². The summed E-state index contributed by atoms with van der Waals surface area (Å²) in [5, 5.41) is 3.49. The van der Waals surface area contributed by atoms with E-state index in [1.165, 1.54) is 15.6 Å². The fourth-order valence-corrected chi connectivity index (χ4v) is 5.65. The number of piperidine rings is 1. The third-order valence-corrected chi connectivity index (χ3v) is 7.59. The van der Waals surface area contributed by atoms with E-state index in [1.54, 1.807) is 23.9 Å². The number of nitrogens with zero attached hydrogens (tertiary/aromatic N) is 4. The summed E-state index contributed by atoms with van der Waals surface area (Å²) in [4.78, 5) is 11.8. The Labute approximate surface area is 159 Å². The second kappa shape index (κ2) is 7.62. The first kappa shape index (κ1) is 19.3. The van der Waals surface area contributed by atoms with Gasteiger partial charge in [0, 0.05) is 49.2 Å². The molecule has 2 aromatic rings. The van der Waals surface area contributed by atoms with Gasteiger partial charge in [0.2, 0.25) is 10.0 Å². The van der Waals surface area contributed by atoms with Crippen LogP contribution in [0.25, 0.3) is 0 Å². The first-order valence-corrected chi connectivity index (χ1v) is 11.3. The van der Waals surface area contributed by atoms with Crippen molar-refractivity contribution in [2.24, 2.45) is 0 Å². The predicted molar refractivity (Wildman–Crippen MR) is 105 cm³/mol. The zero-order chi connectivity index (χ0) is 18.9. The molecule has 0 amide bonds. The van der Waals surface area contributed by atoms with Gasteiger partial charge in [0.15, 0.2) is 0 Å². The van der Waals surface area contributed by atoms with Crippen molar-refractivity contribution in [3.8, 4) is 0 Å². The zero-order valence-electron chi connectivity index (χ0n) is 15.7. The molecule has 0 atom stereocenters. The average Bonchev–Trinajstić information content (AvgIpc) is 3.16. The summed E-state index contributed by atoms with van der Waals surface area (Å²) >= 11 is 1.40. The molecule has 1 saturated heterocycles. The SMILES string of the molecule is Cc1cc(N2CCC(N(C)S(=O)(=O)c3ccsc3)CC2)nc(C(C)C)n1. The maximum absolute atomic E-state index is 12.7. The van der Waals surface area contributed by atoms with Crippen LogP contribution in [0, 0.1) is 6.92 Å². The lowest BCUT2D eigenvalue weighted by Crippen LogP contribution is -2.45. The maximum atomic E-state index is 12.7. The number of sulfonamides is 1. The lowest BCUT2D eigenvalue weighted by Gasteiger charge is -2.36. The van der Waals surface area contributed by atoms with Crippen molar-refractivity contribution in [3.05, 3.63) is 34.4 Å². The van der Waals surface area contributed by atoms with E-state index in [2.05, 4.69) is 23.7 Å². The first-order valence-electron chi connectivity index (χ1n) is 8.90. The Bertz CT molecular complexity index is 842. The molecule has 2 aromatic heterocycles. The normalized spacial score (nSPS) is 16.6. The zero-order valence-corrected chi connectivity index (χ0v) is 17.3. The number of aromatic nitrogens is 2. The van der Waals surface area contributed by atoms with Gasteiger partial charge in [-0.3, -0.25) is 0 Å². The molecule has 0 radical (unpaired) electrons. The van der Waals surface area contributed by atoms with Gasteiger partial charge >= 0.3 is 0 Å². The lowest BCUT2D eigenvalue weighted by atomic mass is 10.1. The lowest BCUT2D eigenvalue weighted by molar-refractivity contribution is 0.311. The van der Waals surface area contributed by atoms with Crippen LogP contribution in [-0.2, 0) is 10.0 Å². The molecular weight excluding hydrogens is 368 g/mol. The highest BCUT2D eigenvalue weighted by molar-refractivity contribution is 7.89. The van der Waals surface area contributed by atoms with Crippen molar-refractivity contribution >= 4 is 27.2 Å². The van der Waals surface area contributed by atoms with Crippen LogP contribution in [0.5, 0.6) is 0 Å². The number of thiophene rings is 1. The quantitative estimate of drug-likeness (QED) is 0.779. The highest BCUT2D eigenvalue weighted by atomic mass is 32.2. The van der Waals surface area contributed by atoms with Gasteiger partial charge in [-0.15, -0.1) is 0 Å². The van der Waals surface area contributed by atoms with Crippen molar-refractivity contribution in [1.82, 2.24) is 14.3 Å². The molecule has 0 aromatic carbocycles. The third kappa shape index (κ3) is 3.92. The van der Waals surface area contributed by atoms with E-state index in [1.807, 2.05) is 13.0 Å². The monoisotopic (exact) mass is 394 g/mol. The molecule has 1 fully saturated rings. The number of aryl methyl sites for hydroxylation is 1. The van der Waals surface area contributed by atoms with Gasteiger partial charge in [0.25, 0.3) is 0 Å². The van der Waals surface area contributed by atoms with Crippen LogP contribution in [-0.4, -0.2) is 48.9 Å². The summed E-state index contributed by atoms with van der Waals surface area (Å²) in [6.45, 7) is 7.76. The number of hydrogen-bond donors (Lipinski definition) is 0. The van der Waals surface area contributed by atoms with Crippen molar-refractivity contribution in [2.45, 2.75) is 50.5 Å². The van der Waals surface area contributed by atoms with Crippen molar-refractivity contribution in [2.75, 3.05) is 25.0 Å². The van der Waals surface area contributed by atoms with E-state index in [-0.39, 0.29) is 12.0 Å². The fraction of sp³-hybridized carbons (Fsp3) is 0.556. The van der Waals surface area contributed by atoms with Crippen LogP contribution in [0.15, 0.2) is 27.8 Å². The van der Waals surface area contributed by atoms with Gasteiger partial charge in [-0.25, -0.2) is 18.4 Å². The summed E-state index contributed by atoms with van der Waals surface area (Å²) in [6.07, 6.45) is 1.58. The molecule has 8 heteroatoms. The van der Waals surface area contributed by atoms with Crippen LogP contribution < -0.4 is 4.90 Å². The maximum Gasteiger partial charge on any atom is 0.243 e. The summed E-state index contributed by atoms with van der Waals surface area (Å²) in [7, 11) is -1.71. The molecule has 6 nitrogen and oxygen atoms in total. The van der Waals surface area contributed by atoms with Gasteiger partial charge in [0.05, 0.1) is 4.90 Å². The Balaban J connectivity index is 1.70. The minimum atomic E-state index is -3.40. The van der Waals surface area contributed by atoms with Crippen LogP contribution in [0.3, 0.4) is 0 Å². The molecule has 0 spiro atoms. The highest BCUT2D eigenvalue weighted by Gasteiger charge is 2.31. The minimum Gasteiger partial charge on any atom is -0.356 e. The van der Waals surface area contributed by atoms with E-state index in [9.17, 15) is 8.42 Å². The summed E-state index contributed by atoms with van der Waals surface area (Å²) < 4.78 is 27.0. The average molecular weight is 395 g/mol. The minimum absolute atomic E-state index is 0.0173. The number of hydrogen-bond acceptors (Lipinski definition) is 6. The Morgan fingerprint density at radius 3 is 2.54 bits per heavy atom. The fourth-order valence-electron chi connectivity index (χ4n) is 3.21. The van der Waals surface area contributed by atoms with E-state index < -0.39 is 10.0 Å². The Kier molecular flexibility index (Phi) is 5.64. The number of anilines is 1. The summed E-state index contributed by atoms with van der Waals surface area (Å²) in [6, 6.07) is 3.70. The first-order chi connectivity index (χ1) is 12.3. The molecule has 3 rings (SSSR count). The van der Waals surface area contributed by atoms with Crippen molar-refractivity contribution < 1.29 is 8.42 Å². The van der Waals surface area contributed by atoms with E-state index in [4.69, 9.17) is 4.98 Å². The third-order valence-electron chi connectivity index (χ3n) is 4.85. The van der Waals surface area contributed by atoms with E-state index in [0.29, 0.717) is 4.90 Å². The van der Waals surface area contributed by atoms with Crippen molar-refractivity contribution in [1.29, 1.82) is 0 Å². The Hall–Kier alpha value is -1.51. The molecular formula is C18H26N4O2S2. The molecule has 26 heavy (non-hydrogen) atoms. The van der Waals surface area contributed by atoms with E-state index >= 15 is 0 Å². The highest BCUT2D eigenvalue weighted by Crippen LogP contribution is 2.26. The van der Waals surface area contributed by atoms with Crippen LogP contribution in [0.2, 0.25) is 0 Å². The Morgan fingerprint density at radius 1 is 1.27 bits per heavy atom. The van der Waals surface area contributed by atoms with Gasteiger partial charge in [-0.05, 0) is 31.2 Å². The van der Waals surface area contributed by atoms with Gasteiger partial charge in [-0.2, -0.15) is 15.6 Å². The van der Waals surface area contributed by atoms with Gasteiger partial charge < -0.3 is 4.90 Å². The van der Waals surface area contributed by atoms with Gasteiger partial charge in [-0.1, -0.05) is 13.8 Å². The molecule has 1 aliphatic rings. The Morgan fingerprint density at radius 2 is 1.96 bits per heavy atom. The molecule has 3 heterocycles. The largest absolute Gasteiger partial charge is 0.356 e.